The van der Waals surface area contributed by atoms with Gasteiger partial charge < -0.3 is 20.9 Å². The minimum Gasteiger partial charge on any atom is -0.352 e. The minimum absolute atomic E-state index is 0.0457. The fourth-order valence-corrected chi connectivity index (χ4v) is 3.10. The molecular weight excluding hydrogens is 272 g/mol. The average molecular weight is 296 g/mol. The molecule has 1 saturated carbocycles. The Morgan fingerprint density at radius 2 is 1.90 bits per heavy atom. The molecule has 2 aliphatic rings. The first-order valence-electron chi connectivity index (χ1n) is 7.64. The predicted molar refractivity (Wildman–Crippen MR) is 77.2 cm³/mol. The van der Waals surface area contributed by atoms with Crippen LogP contribution in [0, 0.1) is 5.92 Å². The second kappa shape index (κ2) is 6.89. The van der Waals surface area contributed by atoms with E-state index in [-0.39, 0.29) is 18.5 Å². The largest absolute Gasteiger partial charge is 0.352 e. The molecule has 0 aromatic carbocycles. The summed E-state index contributed by atoms with van der Waals surface area (Å²) in [6.07, 6.45) is 3.04. The first-order valence-corrected chi connectivity index (χ1v) is 7.64. The zero-order chi connectivity index (χ0) is 15.4. The van der Waals surface area contributed by atoms with Crippen molar-refractivity contribution in [1.82, 2.24) is 15.1 Å². The molecule has 2 atom stereocenters. The van der Waals surface area contributed by atoms with Gasteiger partial charge in [0.1, 0.15) is 6.54 Å². The Morgan fingerprint density at radius 1 is 1.24 bits per heavy atom. The number of nitrogens with one attached hydrogen (secondary N) is 1. The van der Waals surface area contributed by atoms with Gasteiger partial charge in [-0.3, -0.25) is 14.4 Å². The first kappa shape index (κ1) is 15.8. The highest BCUT2D eigenvalue weighted by Gasteiger charge is 2.33. The Labute approximate surface area is 124 Å². The van der Waals surface area contributed by atoms with Crippen LogP contribution < -0.4 is 11.1 Å². The van der Waals surface area contributed by atoms with Crippen LogP contribution in [0.4, 0.5) is 0 Å². The van der Waals surface area contributed by atoms with Crippen molar-refractivity contribution in [3.05, 3.63) is 0 Å². The molecule has 1 aliphatic carbocycles. The molecule has 2 unspecified atom stereocenters. The monoisotopic (exact) mass is 296 g/mol. The zero-order valence-electron chi connectivity index (χ0n) is 12.5. The number of amides is 3. The molecule has 3 amide bonds. The van der Waals surface area contributed by atoms with Crippen molar-refractivity contribution in [3.8, 4) is 0 Å². The van der Waals surface area contributed by atoms with Crippen LogP contribution in [-0.4, -0.2) is 66.3 Å². The molecule has 0 aromatic rings. The number of likely N-dealkylation sites (N-methyl/N-ethyl adjacent to an activating group) is 1. The van der Waals surface area contributed by atoms with Crippen LogP contribution in [0.3, 0.4) is 0 Å². The summed E-state index contributed by atoms with van der Waals surface area (Å²) in [5.41, 5.74) is 5.69. The highest BCUT2D eigenvalue weighted by atomic mass is 16.2. The quantitative estimate of drug-likeness (QED) is 0.631. The molecule has 0 spiro atoms. The van der Waals surface area contributed by atoms with E-state index in [0.717, 1.165) is 19.3 Å². The van der Waals surface area contributed by atoms with E-state index < -0.39 is 11.8 Å². The maximum absolute atomic E-state index is 12.1. The van der Waals surface area contributed by atoms with E-state index in [9.17, 15) is 14.4 Å². The van der Waals surface area contributed by atoms with E-state index >= 15 is 0 Å². The van der Waals surface area contributed by atoms with Gasteiger partial charge in [-0.15, -0.1) is 0 Å². The molecule has 2 rings (SSSR count). The van der Waals surface area contributed by atoms with Gasteiger partial charge in [-0.05, 0) is 32.2 Å². The van der Waals surface area contributed by atoms with Crippen molar-refractivity contribution in [1.29, 1.82) is 0 Å². The number of nitrogens with zero attached hydrogens (tertiary/aromatic N) is 2. The summed E-state index contributed by atoms with van der Waals surface area (Å²) < 4.78 is 0. The third-order valence-corrected chi connectivity index (χ3v) is 4.42. The van der Waals surface area contributed by atoms with Gasteiger partial charge >= 0.3 is 11.8 Å². The van der Waals surface area contributed by atoms with Gasteiger partial charge in [0.25, 0.3) is 0 Å². The number of hydrogen-bond donors (Lipinski definition) is 2. The van der Waals surface area contributed by atoms with E-state index in [2.05, 4.69) is 5.32 Å². The van der Waals surface area contributed by atoms with E-state index in [4.69, 9.17) is 5.73 Å². The third-order valence-electron chi connectivity index (χ3n) is 4.42. The maximum Gasteiger partial charge on any atom is 0.312 e. The number of carbonyl (C=O) groups is 3. The lowest BCUT2D eigenvalue weighted by Crippen LogP contribution is -2.56. The van der Waals surface area contributed by atoms with E-state index in [1.54, 1.807) is 0 Å². The minimum atomic E-state index is -0.583. The molecule has 0 radical (unpaired) electrons. The molecule has 21 heavy (non-hydrogen) atoms. The summed E-state index contributed by atoms with van der Waals surface area (Å²) in [5, 5.41) is 2.95. The third kappa shape index (κ3) is 3.53. The highest BCUT2D eigenvalue weighted by molar-refractivity contribution is 6.35. The topological polar surface area (TPSA) is 95.7 Å². The lowest BCUT2D eigenvalue weighted by Gasteiger charge is -2.33. The van der Waals surface area contributed by atoms with Crippen LogP contribution in [0.5, 0.6) is 0 Å². The summed E-state index contributed by atoms with van der Waals surface area (Å²) in [4.78, 5) is 38.6. The lowest BCUT2D eigenvalue weighted by molar-refractivity contribution is -0.156. The maximum atomic E-state index is 12.1. The van der Waals surface area contributed by atoms with Crippen LogP contribution >= 0.6 is 0 Å². The molecular formula is C14H24N4O3. The summed E-state index contributed by atoms with van der Waals surface area (Å²) in [7, 11) is 0. The van der Waals surface area contributed by atoms with Crippen LogP contribution in [-0.2, 0) is 14.4 Å². The Bertz CT molecular complexity index is 426. The Kier molecular flexibility index (Phi) is 5.17. The fraction of sp³-hybridized carbons (Fsp3) is 0.786. The first-order chi connectivity index (χ1) is 10.1. The molecule has 0 aromatic heterocycles. The van der Waals surface area contributed by atoms with Crippen molar-refractivity contribution in [2.45, 2.75) is 32.2 Å². The standard InChI is InChI=1S/C14H24N4O3/c1-2-17-6-7-18(14(21)13(17)20)9-12(19)16-11-5-3-4-10(11)8-15/h10-11H,2-9,15H2,1H3,(H,16,19). The molecule has 1 saturated heterocycles. The van der Waals surface area contributed by atoms with Gasteiger partial charge in [0, 0.05) is 25.7 Å². The fourth-order valence-electron chi connectivity index (χ4n) is 3.10. The SMILES string of the molecule is CCN1CCN(CC(=O)NC2CCCC2CN)C(=O)C1=O. The van der Waals surface area contributed by atoms with Gasteiger partial charge in [0.2, 0.25) is 5.91 Å². The molecule has 2 fully saturated rings. The zero-order valence-corrected chi connectivity index (χ0v) is 12.5. The predicted octanol–water partition coefficient (Wildman–Crippen LogP) is -1.08. The molecule has 1 aliphatic heterocycles. The van der Waals surface area contributed by atoms with E-state index in [0.29, 0.717) is 32.1 Å². The Morgan fingerprint density at radius 3 is 2.57 bits per heavy atom. The van der Waals surface area contributed by atoms with Crippen molar-refractivity contribution >= 4 is 17.7 Å². The molecule has 7 nitrogen and oxygen atoms in total. The number of carbonyl (C=O) groups excluding carboxylic acids is 3. The van der Waals surface area contributed by atoms with Crippen molar-refractivity contribution < 1.29 is 14.4 Å². The smallest absolute Gasteiger partial charge is 0.312 e. The average Bonchev–Trinajstić information content (AvgIpc) is 2.91. The molecule has 118 valence electrons. The second-order valence-corrected chi connectivity index (χ2v) is 5.71. The van der Waals surface area contributed by atoms with Crippen LogP contribution in [0.1, 0.15) is 26.2 Å². The summed E-state index contributed by atoms with van der Waals surface area (Å²) >= 11 is 0. The van der Waals surface area contributed by atoms with Crippen LogP contribution in [0.2, 0.25) is 0 Å². The van der Waals surface area contributed by atoms with Crippen molar-refractivity contribution in [3.63, 3.8) is 0 Å². The van der Waals surface area contributed by atoms with Gasteiger partial charge in [-0.1, -0.05) is 6.42 Å². The van der Waals surface area contributed by atoms with E-state index in [1.807, 2.05) is 6.92 Å². The van der Waals surface area contributed by atoms with Crippen LogP contribution in [0.25, 0.3) is 0 Å². The Hall–Kier alpha value is -1.63. The van der Waals surface area contributed by atoms with Crippen molar-refractivity contribution in [2.24, 2.45) is 11.7 Å². The highest BCUT2D eigenvalue weighted by Crippen LogP contribution is 2.24. The summed E-state index contributed by atoms with van der Waals surface area (Å²) in [5.74, 6) is -0.980. The normalized spacial score (nSPS) is 26.4. The second-order valence-electron chi connectivity index (χ2n) is 5.71. The molecule has 0 bridgehead atoms. The number of piperazine rings is 1. The number of rotatable bonds is 5. The van der Waals surface area contributed by atoms with E-state index in [1.165, 1.54) is 9.80 Å². The van der Waals surface area contributed by atoms with Crippen LogP contribution in [0.15, 0.2) is 0 Å². The molecule has 1 heterocycles. The molecule has 3 N–H and O–H groups in total. The van der Waals surface area contributed by atoms with Gasteiger partial charge in [-0.2, -0.15) is 0 Å². The number of nitrogens with two attached hydrogens (primary N) is 1. The summed E-state index contributed by atoms with van der Waals surface area (Å²) in [6, 6.07) is 0.102. The Balaban J connectivity index is 1.85. The van der Waals surface area contributed by atoms with Gasteiger partial charge in [0.05, 0.1) is 0 Å². The van der Waals surface area contributed by atoms with Crippen molar-refractivity contribution in [2.75, 3.05) is 32.7 Å². The lowest BCUT2D eigenvalue weighted by atomic mass is 10.0. The van der Waals surface area contributed by atoms with Gasteiger partial charge in [-0.25, -0.2) is 0 Å². The number of hydrogen-bond acceptors (Lipinski definition) is 4. The summed E-state index contributed by atoms with van der Waals surface area (Å²) in [6.45, 7) is 3.78. The van der Waals surface area contributed by atoms with Gasteiger partial charge in [0.15, 0.2) is 0 Å². The molecule has 7 heteroatoms.